The summed E-state index contributed by atoms with van der Waals surface area (Å²) in [6, 6.07) is 21.9. The monoisotopic (exact) mass is 399 g/mol. The number of rotatable bonds is 6. The average Bonchev–Trinajstić information content (AvgIpc) is 2.80. The average molecular weight is 399 g/mol. The number of aromatic nitrogens is 2. The molecule has 0 unspecified atom stereocenters. The molecule has 0 aliphatic heterocycles. The lowest BCUT2D eigenvalue weighted by molar-refractivity contribution is 0.0954. The van der Waals surface area contributed by atoms with Gasteiger partial charge in [-0.2, -0.15) is 0 Å². The lowest BCUT2D eigenvalue weighted by Gasteiger charge is -2.10. The summed E-state index contributed by atoms with van der Waals surface area (Å²) < 4.78 is 6.81. The number of hydrogen-bond acceptors (Lipinski definition) is 4. The van der Waals surface area contributed by atoms with Crippen molar-refractivity contribution in [3.63, 3.8) is 0 Å². The van der Waals surface area contributed by atoms with E-state index in [0.29, 0.717) is 35.1 Å². The Labute approximate surface area is 173 Å². The fraction of sp³-hybridized carbons (Fsp3) is 0.125. The first-order valence-corrected chi connectivity index (χ1v) is 9.64. The molecule has 1 aromatic heterocycles. The second kappa shape index (κ2) is 8.61. The van der Waals surface area contributed by atoms with E-state index in [1.54, 1.807) is 43.5 Å². The first-order chi connectivity index (χ1) is 14.7. The van der Waals surface area contributed by atoms with Crippen LogP contribution in [0.2, 0.25) is 0 Å². The van der Waals surface area contributed by atoms with E-state index in [2.05, 4.69) is 10.3 Å². The number of amides is 1. The summed E-state index contributed by atoms with van der Waals surface area (Å²) in [6.45, 7) is 0.495. The molecule has 3 aromatic carbocycles. The molecule has 0 aliphatic rings. The van der Waals surface area contributed by atoms with Crippen LogP contribution in [-0.2, 0) is 6.42 Å². The normalized spacial score (nSPS) is 10.7. The molecule has 0 atom stereocenters. The maximum Gasteiger partial charge on any atom is 0.265 e. The SMILES string of the molecule is COc1ccccc1CCNC(=O)c1ccc(-n2cnc3ccccc3c2=O)cc1. The van der Waals surface area contributed by atoms with Crippen molar-refractivity contribution in [3.8, 4) is 11.4 Å². The first kappa shape index (κ1) is 19.4. The zero-order valence-electron chi connectivity index (χ0n) is 16.5. The summed E-state index contributed by atoms with van der Waals surface area (Å²) in [5, 5.41) is 3.47. The van der Waals surface area contributed by atoms with Crippen molar-refractivity contribution < 1.29 is 9.53 Å². The molecule has 6 nitrogen and oxygen atoms in total. The predicted molar refractivity (Wildman–Crippen MR) is 116 cm³/mol. The third kappa shape index (κ3) is 3.93. The smallest absolute Gasteiger partial charge is 0.265 e. The number of nitrogens with zero attached hydrogens (tertiary/aromatic N) is 2. The van der Waals surface area contributed by atoms with E-state index in [9.17, 15) is 9.59 Å². The van der Waals surface area contributed by atoms with Crippen molar-refractivity contribution in [2.24, 2.45) is 0 Å². The molecule has 150 valence electrons. The van der Waals surface area contributed by atoms with Crippen LogP contribution in [0.15, 0.2) is 83.9 Å². The molecule has 0 fully saturated rings. The van der Waals surface area contributed by atoms with Crippen LogP contribution in [0.1, 0.15) is 15.9 Å². The van der Waals surface area contributed by atoms with E-state index in [1.165, 1.54) is 10.9 Å². The van der Waals surface area contributed by atoms with E-state index in [-0.39, 0.29) is 11.5 Å². The quantitative estimate of drug-likeness (QED) is 0.540. The molecule has 4 rings (SSSR count). The Bertz CT molecular complexity index is 1250. The Morgan fingerprint density at radius 2 is 1.73 bits per heavy atom. The second-order valence-corrected chi connectivity index (χ2v) is 6.80. The van der Waals surface area contributed by atoms with Crippen molar-refractivity contribution in [3.05, 3.63) is 101 Å². The summed E-state index contributed by atoms with van der Waals surface area (Å²) in [6.07, 6.45) is 2.18. The maximum atomic E-state index is 12.7. The summed E-state index contributed by atoms with van der Waals surface area (Å²) in [5.74, 6) is 0.644. The molecule has 0 bridgehead atoms. The Hall–Kier alpha value is -3.93. The minimum Gasteiger partial charge on any atom is -0.496 e. The van der Waals surface area contributed by atoms with Crippen molar-refractivity contribution >= 4 is 16.8 Å². The number of carbonyl (C=O) groups is 1. The van der Waals surface area contributed by atoms with Gasteiger partial charge in [0.05, 0.1) is 23.7 Å². The van der Waals surface area contributed by atoms with Gasteiger partial charge in [0.25, 0.3) is 11.5 Å². The number of nitrogens with one attached hydrogen (secondary N) is 1. The third-order valence-corrected chi connectivity index (χ3v) is 4.95. The molecular formula is C24H21N3O3. The summed E-state index contributed by atoms with van der Waals surface area (Å²) in [7, 11) is 1.63. The Morgan fingerprint density at radius 3 is 2.53 bits per heavy atom. The van der Waals surface area contributed by atoms with E-state index in [4.69, 9.17) is 4.74 Å². The molecule has 1 amide bonds. The molecule has 0 radical (unpaired) electrons. The van der Waals surface area contributed by atoms with Crippen LogP contribution >= 0.6 is 0 Å². The fourth-order valence-corrected chi connectivity index (χ4v) is 3.35. The van der Waals surface area contributed by atoms with Crippen LogP contribution in [0.4, 0.5) is 0 Å². The molecule has 30 heavy (non-hydrogen) atoms. The van der Waals surface area contributed by atoms with Crippen molar-refractivity contribution in [1.29, 1.82) is 0 Å². The predicted octanol–water partition coefficient (Wildman–Crippen LogP) is 3.37. The van der Waals surface area contributed by atoms with Gasteiger partial charge < -0.3 is 10.1 Å². The van der Waals surface area contributed by atoms with Crippen molar-refractivity contribution in [2.75, 3.05) is 13.7 Å². The van der Waals surface area contributed by atoms with Crippen LogP contribution in [0.5, 0.6) is 5.75 Å². The number of fused-ring (bicyclic) bond motifs is 1. The van der Waals surface area contributed by atoms with Gasteiger partial charge in [-0.15, -0.1) is 0 Å². The number of hydrogen-bond donors (Lipinski definition) is 1. The van der Waals surface area contributed by atoms with Crippen molar-refractivity contribution in [1.82, 2.24) is 14.9 Å². The lowest BCUT2D eigenvalue weighted by atomic mass is 10.1. The molecule has 1 heterocycles. The van der Waals surface area contributed by atoms with Gasteiger partial charge in [0.1, 0.15) is 12.1 Å². The molecular weight excluding hydrogens is 378 g/mol. The minimum atomic E-state index is -0.166. The van der Waals surface area contributed by atoms with E-state index < -0.39 is 0 Å². The zero-order valence-corrected chi connectivity index (χ0v) is 16.5. The highest BCUT2D eigenvalue weighted by molar-refractivity contribution is 5.94. The first-order valence-electron chi connectivity index (χ1n) is 9.64. The molecule has 4 aromatic rings. The molecule has 0 saturated heterocycles. The summed E-state index contributed by atoms with van der Waals surface area (Å²) in [4.78, 5) is 29.5. The molecule has 1 N–H and O–H groups in total. The molecule has 0 aliphatic carbocycles. The zero-order chi connectivity index (χ0) is 20.9. The van der Waals surface area contributed by atoms with Gasteiger partial charge in [-0.1, -0.05) is 30.3 Å². The van der Waals surface area contributed by atoms with Gasteiger partial charge in [0, 0.05) is 12.1 Å². The minimum absolute atomic E-state index is 0.144. The Morgan fingerprint density at radius 1 is 1.00 bits per heavy atom. The fourth-order valence-electron chi connectivity index (χ4n) is 3.35. The van der Waals surface area contributed by atoms with Gasteiger partial charge >= 0.3 is 0 Å². The third-order valence-electron chi connectivity index (χ3n) is 4.95. The van der Waals surface area contributed by atoms with Crippen LogP contribution in [0, 0.1) is 0 Å². The second-order valence-electron chi connectivity index (χ2n) is 6.80. The Balaban J connectivity index is 1.45. The van der Waals surface area contributed by atoms with Crippen LogP contribution < -0.4 is 15.6 Å². The van der Waals surface area contributed by atoms with Crippen LogP contribution in [-0.4, -0.2) is 29.1 Å². The van der Waals surface area contributed by atoms with Gasteiger partial charge in [-0.05, 0) is 54.4 Å². The highest BCUT2D eigenvalue weighted by Crippen LogP contribution is 2.17. The van der Waals surface area contributed by atoms with Crippen LogP contribution in [0.3, 0.4) is 0 Å². The van der Waals surface area contributed by atoms with Crippen molar-refractivity contribution in [2.45, 2.75) is 6.42 Å². The van der Waals surface area contributed by atoms with Crippen LogP contribution in [0.25, 0.3) is 16.6 Å². The highest BCUT2D eigenvalue weighted by atomic mass is 16.5. The highest BCUT2D eigenvalue weighted by Gasteiger charge is 2.09. The van der Waals surface area contributed by atoms with Gasteiger partial charge in [0.2, 0.25) is 0 Å². The van der Waals surface area contributed by atoms with E-state index in [1.807, 2.05) is 36.4 Å². The number of carbonyl (C=O) groups excluding carboxylic acids is 1. The largest absolute Gasteiger partial charge is 0.496 e. The topological polar surface area (TPSA) is 73.2 Å². The molecule has 0 saturated carbocycles. The van der Waals surface area contributed by atoms with E-state index in [0.717, 1.165) is 11.3 Å². The standard InChI is InChI=1S/C24H21N3O3/c1-30-22-9-5-2-6-17(22)14-15-25-23(28)18-10-12-19(13-11-18)27-16-26-21-8-4-3-7-20(21)24(27)29/h2-13,16H,14-15H2,1H3,(H,25,28). The number of para-hydroxylation sites is 2. The number of ether oxygens (including phenoxy) is 1. The molecule has 0 spiro atoms. The lowest BCUT2D eigenvalue weighted by Crippen LogP contribution is -2.26. The Kier molecular flexibility index (Phi) is 5.57. The number of methoxy groups -OCH3 is 1. The van der Waals surface area contributed by atoms with Gasteiger partial charge in [0.15, 0.2) is 0 Å². The summed E-state index contributed by atoms with van der Waals surface area (Å²) in [5.41, 5.74) is 2.74. The maximum absolute atomic E-state index is 12.7. The molecule has 6 heteroatoms. The van der Waals surface area contributed by atoms with Gasteiger partial charge in [-0.3, -0.25) is 14.2 Å². The summed E-state index contributed by atoms with van der Waals surface area (Å²) >= 11 is 0. The number of benzene rings is 3. The van der Waals surface area contributed by atoms with E-state index >= 15 is 0 Å². The van der Waals surface area contributed by atoms with Gasteiger partial charge in [-0.25, -0.2) is 4.98 Å².